The van der Waals surface area contributed by atoms with E-state index in [0.29, 0.717) is 12.1 Å². The number of rotatable bonds is 3. The van der Waals surface area contributed by atoms with E-state index in [1.165, 1.54) is 18.5 Å². The molecule has 0 aliphatic heterocycles. The first-order chi connectivity index (χ1) is 7.75. The molecule has 1 unspecified atom stereocenters. The molecule has 1 atom stereocenters. The highest BCUT2D eigenvalue weighted by Gasteiger charge is 2.09. The topological polar surface area (TPSA) is 46.0 Å². The van der Waals surface area contributed by atoms with E-state index in [1.54, 1.807) is 24.4 Å². The number of hydrogen-bond donors (Lipinski definition) is 1. The summed E-state index contributed by atoms with van der Waals surface area (Å²) in [5, 5.41) is 9.86. The van der Waals surface area contributed by atoms with Crippen molar-refractivity contribution in [2.45, 2.75) is 12.5 Å². The van der Waals surface area contributed by atoms with Crippen LogP contribution in [-0.4, -0.2) is 15.1 Å². The van der Waals surface area contributed by atoms with Crippen molar-refractivity contribution in [2.24, 2.45) is 0 Å². The van der Waals surface area contributed by atoms with Crippen LogP contribution in [0.3, 0.4) is 0 Å². The Morgan fingerprint density at radius 1 is 1.19 bits per heavy atom. The number of hydrogen-bond acceptors (Lipinski definition) is 3. The number of benzene rings is 1. The lowest BCUT2D eigenvalue weighted by atomic mass is 10.1. The molecule has 82 valence electrons. The molecular weight excluding hydrogens is 207 g/mol. The molecule has 1 aromatic carbocycles. The number of aliphatic hydroxyl groups excluding tert-OH is 1. The van der Waals surface area contributed by atoms with Crippen LogP contribution < -0.4 is 0 Å². The van der Waals surface area contributed by atoms with Crippen molar-refractivity contribution < 1.29 is 9.50 Å². The summed E-state index contributed by atoms with van der Waals surface area (Å²) in [7, 11) is 0. The summed E-state index contributed by atoms with van der Waals surface area (Å²) in [5.74, 6) is -0.278. The van der Waals surface area contributed by atoms with E-state index in [4.69, 9.17) is 0 Å². The largest absolute Gasteiger partial charge is 0.386 e. The Kier molecular flexibility index (Phi) is 3.22. The van der Waals surface area contributed by atoms with Gasteiger partial charge in [-0.05, 0) is 23.8 Å². The summed E-state index contributed by atoms with van der Waals surface area (Å²) in [6.45, 7) is 0. The molecule has 0 radical (unpaired) electrons. The van der Waals surface area contributed by atoms with Gasteiger partial charge in [-0.15, -0.1) is 0 Å². The van der Waals surface area contributed by atoms with E-state index in [-0.39, 0.29) is 5.82 Å². The van der Waals surface area contributed by atoms with E-state index in [0.717, 1.165) is 5.56 Å². The van der Waals surface area contributed by atoms with Gasteiger partial charge in [0.25, 0.3) is 0 Å². The molecule has 2 rings (SSSR count). The van der Waals surface area contributed by atoms with Gasteiger partial charge in [-0.25, -0.2) is 14.4 Å². The zero-order valence-corrected chi connectivity index (χ0v) is 8.55. The average Bonchev–Trinajstić information content (AvgIpc) is 2.33. The Morgan fingerprint density at radius 3 is 2.56 bits per heavy atom. The van der Waals surface area contributed by atoms with Gasteiger partial charge >= 0.3 is 0 Å². The van der Waals surface area contributed by atoms with Crippen LogP contribution in [0, 0.1) is 5.82 Å². The summed E-state index contributed by atoms with van der Waals surface area (Å²) >= 11 is 0. The SMILES string of the molecule is OC(Cc1ccc(F)cc1)c1ccncn1. The van der Waals surface area contributed by atoms with Crippen LogP contribution in [0.25, 0.3) is 0 Å². The molecular formula is C12H11FN2O. The van der Waals surface area contributed by atoms with E-state index < -0.39 is 6.10 Å². The Hall–Kier alpha value is -1.81. The normalized spacial score (nSPS) is 12.4. The van der Waals surface area contributed by atoms with Crippen LogP contribution in [0.15, 0.2) is 42.9 Å². The maximum absolute atomic E-state index is 12.7. The third-order valence-electron chi connectivity index (χ3n) is 2.29. The van der Waals surface area contributed by atoms with E-state index in [9.17, 15) is 9.50 Å². The monoisotopic (exact) mass is 218 g/mol. The molecule has 16 heavy (non-hydrogen) atoms. The molecule has 4 heteroatoms. The molecule has 1 N–H and O–H groups in total. The summed E-state index contributed by atoms with van der Waals surface area (Å²) in [6, 6.07) is 7.72. The fourth-order valence-corrected chi connectivity index (χ4v) is 1.45. The first-order valence-corrected chi connectivity index (χ1v) is 4.94. The quantitative estimate of drug-likeness (QED) is 0.855. The van der Waals surface area contributed by atoms with E-state index in [1.807, 2.05) is 0 Å². The molecule has 0 bridgehead atoms. The molecule has 3 nitrogen and oxygen atoms in total. The van der Waals surface area contributed by atoms with Crippen molar-refractivity contribution in [3.63, 3.8) is 0 Å². The number of aliphatic hydroxyl groups is 1. The maximum Gasteiger partial charge on any atom is 0.123 e. The van der Waals surface area contributed by atoms with E-state index in [2.05, 4.69) is 9.97 Å². The lowest BCUT2D eigenvalue weighted by molar-refractivity contribution is 0.173. The van der Waals surface area contributed by atoms with Gasteiger partial charge in [0.1, 0.15) is 18.2 Å². The number of halogens is 1. The van der Waals surface area contributed by atoms with E-state index >= 15 is 0 Å². The minimum absolute atomic E-state index is 0.278. The Balaban J connectivity index is 2.08. The average molecular weight is 218 g/mol. The summed E-state index contributed by atoms with van der Waals surface area (Å²) in [6.07, 6.45) is 2.70. The Morgan fingerprint density at radius 2 is 1.94 bits per heavy atom. The number of nitrogens with zero attached hydrogens (tertiary/aromatic N) is 2. The Bertz CT molecular complexity index is 444. The van der Waals surface area contributed by atoms with Crippen LogP contribution >= 0.6 is 0 Å². The molecule has 2 aromatic rings. The molecule has 0 amide bonds. The Labute approximate surface area is 92.6 Å². The highest BCUT2D eigenvalue weighted by molar-refractivity contribution is 5.18. The van der Waals surface area contributed by atoms with Gasteiger partial charge < -0.3 is 5.11 Å². The lowest BCUT2D eigenvalue weighted by Crippen LogP contribution is -2.04. The van der Waals surface area contributed by atoms with Crippen molar-refractivity contribution in [2.75, 3.05) is 0 Å². The van der Waals surface area contributed by atoms with Crippen molar-refractivity contribution in [3.05, 3.63) is 59.9 Å². The summed E-state index contributed by atoms with van der Waals surface area (Å²) < 4.78 is 12.7. The molecule has 0 saturated carbocycles. The highest BCUT2D eigenvalue weighted by atomic mass is 19.1. The van der Waals surface area contributed by atoms with Gasteiger partial charge in [-0.1, -0.05) is 12.1 Å². The molecule has 1 aromatic heterocycles. The van der Waals surface area contributed by atoms with Crippen molar-refractivity contribution in [1.29, 1.82) is 0 Å². The van der Waals surface area contributed by atoms with Crippen molar-refractivity contribution in [1.82, 2.24) is 9.97 Å². The minimum Gasteiger partial charge on any atom is -0.386 e. The van der Waals surface area contributed by atoms with Crippen LogP contribution in [0.4, 0.5) is 4.39 Å². The molecule has 0 spiro atoms. The molecule has 1 heterocycles. The van der Waals surface area contributed by atoms with Crippen LogP contribution in [0.2, 0.25) is 0 Å². The van der Waals surface area contributed by atoms with Crippen LogP contribution in [0.5, 0.6) is 0 Å². The lowest BCUT2D eigenvalue weighted by Gasteiger charge is -2.09. The molecule has 0 aliphatic carbocycles. The third kappa shape index (κ3) is 2.61. The molecule has 0 saturated heterocycles. The van der Waals surface area contributed by atoms with Gasteiger partial charge in [0.2, 0.25) is 0 Å². The first kappa shape index (κ1) is 10.7. The zero-order chi connectivity index (χ0) is 11.4. The first-order valence-electron chi connectivity index (χ1n) is 4.94. The summed E-state index contributed by atoms with van der Waals surface area (Å²) in [4.78, 5) is 7.73. The van der Waals surface area contributed by atoms with Crippen LogP contribution in [-0.2, 0) is 6.42 Å². The molecule has 0 aliphatic rings. The predicted octanol–water partition coefficient (Wildman–Crippen LogP) is 1.89. The second kappa shape index (κ2) is 4.81. The van der Waals surface area contributed by atoms with Gasteiger partial charge in [0.05, 0.1) is 5.69 Å². The maximum atomic E-state index is 12.7. The standard InChI is InChI=1S/C12H11FN2O/c13-10-3-1-9(2-4-10)7-12(16)11-5-6-14-8-15-11/h1-6,8,12,16H,7H2. The van der Waals surface area contributed by atoms with Gasteiger partial charge in [-0.2, -0.15) is 0 Å². The third-order valence-corrected chi connectivity index (χ3v) is 2.29. The fourth-order valence-electron chi connectivity index (χ4n) is 1.45. The van der Waals surface area contributed by atoms with Crippen molar-refractivity contribution in [3.8, 4) is 0 Å². The van der Waals surface area contributed by atoms with Crippen molar-refractivity contribution >= 4 is 0 Å². The van der Waals surface area contributed by atoms with Gasteiger partial charge in [0, 0.05) is 12.6 Å². The zero-order valence-electron chi connectivity index (χ0n) is 8.55. The minimum atomic E-state index is -0.687. The van der Waals surface area contributed by atoms with Gasteiger partial charge in [-0.3, -0.25) is 0 Å². The van der Waals surface area contributed by atoms with Gasteiger partial charge in [0.15, 0.2) is 0 Å². The fraction of sp³-hybridized carbons (Fsp3) is 0.167. The van der Waals surface area contributed by atoms with Crippen LogP contribution in [0.1, 0.15) is 17.4 Å². The summed E-state index contributed by atoms with van der Waals surface area (Å²) in [5.41, 5.74) is 1.44. The molecule has 0 fully saturated rings. The predicted molar refractivity (Wildman–Crippen MR) is 57.1 cm³/mol. The highest BCUT2D eigenvalue weighted by Crippen LogP contribution is 2.15. The number of aromatic nitrogens is 2. The second-order valence-corrected chi connectivity index (χ2v) is 3.48. The second-order valence-electron chi connectivity index (χ2n) is 3.48. The smallest absolute Gasteiger partial charge is 0.123 e.